The van der Waals surface area contributed by atoms with Crippen molar-refractivity contribution in [1.82, 2.24) is 4.90 Å². The maximum atomic E-state index is 11.5. The van der Waals surface area contributed by atoms with E-state index in [4.69, 9.17) is 5.26 Å². The summed E-state index contributed by atoms with van der Waals surface area (Å²) in [5, 5.41) is 8.84. The lowest BCUT2D eigenvalue weighted by Gasteiger charge is -2.23. The summed E-state index contributed by atoms with van der Waals surface area (Å²) >= 11 is 0. The molecule has 0 saturated carbocycles. The van der Waals surface area contributed by atoms with Gasteiger partial charge in [-0.3, -0.25) is 4.90 Å². The second-order valence-corrected chi connectivity index (χ2v) is 7.45. The third kappa shape index (κ3) is 3.34. The Labute approximate surface area is 114 Å². The highest BCUT2D eigenvalue weighted by atomic mass is 32.2. The first-order valence-electron chi connectivity index (χ1n) is 6.31. The third-order valence-corrected chi connectivity index (χ3v) is 5.47. The van der Waals surface area contributed by atoms with Gasteiger partial charge in [0, 0.05) is 12.6 Å². The quantitative estimate of drug-likeness (QED) is 0.840. The van der Waals surface area contributed by atoms with Crippen LogP contribution in [-0.4, -0.2) is 37.9 Å². The first-order valence-corrected chi connectivity index (χ1v) is 8.14. The van der Waals surface area contributed by atoms with Crippen LogP contribution in [-0.2, 0) is 16.4 Å². The molecule has 1 saturated heterocycles. The van der Waals surface area contributed by atoms with Gasteiger partial charge in [-0.15, -0.1) is 0 Å². The van der Waals surface area contributed by atoms with Crippen LogP contribution in [0.3, 0.4) is 0 Å². The van der Waals surface area contributed by atoms with Gasteiger partial charge >= 0.3 is 0 Å². The van der Waals surface area contributed by atoms with Crippen molar-refractivity contribution in [3.63, 3.8) is 0 Å². The fourth-order valence-corrected chi connectivity index (χ4v) is 4.27. The van der Waals surface area contributed by atoms with E-state index in [1.807, 2.05) is 32.2 Å². The summed E-state index contributed by atoms with van der Waals surface area (Å²) in [6.07, 6.45) is 0.716. The Morgan fingerprint density at radius 1 is 1.47 bits per heavy atom. The summed E-state index contributed by atoms with van der Waals surface area (Å²) in [5.41, 5.74) is 2.88. The van der Waals surface area contributed by atoms with Crippen molar-refractivity contribution in [2.24, 2.45) is 0 Å². The van der Waals surface area contributed by atoms with Gasteiger partial charge in [-0.05, 0) is 43.7 Å². The van der Waals surface area contributed by atoms with Gasteiger partial charge in [0.25, 0.3) is 0 Å². The van der Waals surface area contributed by atoms with E-state index >= 15 is 0 Å². The molecule has 0 radical (unpaired) electrons. The number of aryl methyl sites for hydroxylation is 1. The Kier molecular flexibility index (Phi) is 3.93. The van der Waals surface area contributed by atoms with Gasteiger partial charge in [0.2, 0.25) is 0 Å². The fourth-order valence-electron chi connectivity index (χ4n) is 2.46. The van der Waals surface area contributed by atoms with Gasteiger partial charge in [0.05, 0.1) is 23.1 Å². The zero-order valence-electron chi connectivity index (χ0n) is 11.3. The SMILES string of the molecule is Cc1cc(C#N)ccc1CN(C)C1CCS(=O)(=O)C1. The lowest BCUT2D eigenvalue weighted by atomic mass is 10.0. The summed E-state index contributed by atoms with van der Waals surface area (Å²) in [4.78, 5) is 2.10. The number of rotatable bonds is 3. The maximum absolute atomic E-state index is 11.5. The predicted molar refractivity (Wildman–Crippen MR) is 74.4 cm³/mol. The zero-order chi connectivity index (χ0) is 14.0. The molecule has 0 spiro atoms. The van der Waals surface area contributed by atoms with Crippen molar-refractivity contribution in [1.29, 1.82) is 5.26 Å². The summed E-state index contributed by atoms with van der Waals surface area (Å²) in [7, 11) is -0.877. The first-order chi connectivity index (χ1) is 8.91. The summed E-state index contributed by atoms with van der Waals surface area (Å²) in [6.45, 7) is 2.70. The summed E-state index contributed by atoms with van der Waals surface area (Å²) in [5.74, 6) is 0.563. The fraction of sp³-hybridized carbons (Fsp3) is 0.500. The smallest absolute Gasteiger partial charge is 0.151 e. The molecule has 1 aromatic carbocycles. The standard InChI is InChI=1S/C14H18N2O2S/c1-11-7-12(8-15)3-4-13(11)9-16(2)14-5-6-19(17,18)10-14/h3-4,7,14H,5-6,9-10H2,1-2H3. The van der Waals surface area contributed by atoms with Gasteiger partial charge in [0.1, 0.15) is 0 Å². The molecule has 0 N–H and O–H groups in total. The van der Waals surface area contributed by atoms with Crippen molar-refractivity contribution in [3.8, 4) is 6.07 Å². The Morgan fingerprint density at radius 2 is 2.21 bits per heavy atom. The maximum Gasteiger partial charge on any atom is 0.151 e. The summed E-state index contributed by atoms with van der Waals surface area (Å²) in [6, 6.07) is 7.86. The molecule has 0 bridgehead atoms. The van der Waals surface area contributed by atoms with Crippen LogP contribution in [0.15, 0.2) is 18.2 Å². The first kappa shape index (κ1) is 14.0. The van der Waals surface area contributed by atoms with Crippen molar-refractivity contribution in [2.75, 3.05) is 18.6 Å². The average molecular weight is 278 g/mol. The number of sulfone groups is 1. The molecule has 0 aliphatic carbocycles. The lowest BCUT2D eigenvalue weighted by molar-refractivity contribution is 0.253. The topological polar surface area (TPSA) is 61.2 Å². The Hall–Kier alpha value is -1.38. The van der Waals surface area contributed by atoms with E-state index in [9.17, 15) is 8.42 Å². The van der Waals surface area contributed by atoms with E-state index in [1.165, 1.54) is 0 Å². The highest BCUT2D eigenvalue weighted by molar-refractivity contribution is 7.91. The van der Waals surface area contributed by atoms with Crippen molar-refractivity contribution in [2.45, 2.75) is 25.9 Å². The van der Waals surface area contributed by atoms with Crippen LogP contribution in [0.5, 0.6) is 0 Å². The Balaban J connectivity index is 2.08. The van der Waals surface area contributed by atoms with Crippen LogP contribution in [0.2, 0.25) is 0 Å². The van der Waals surface area contributed by atoms with E-state index in [-0.39, 0.29) is 11.8 Å². The van der Waals surface area contributed by atoms with Crippen molar-refractivity contribution < 1.29 is 8.42 Å². The molecule has 19 heavy (non-hydrogen) atoms. The van der Waals surface area contributed by atoms with Crippen LogP contribution in [0.25, 0.3) is 0 Å². The van der Waals surface area contributed by atoms with Crippen LogP contribution >= 0.6 is 0 Å². The van der Waals surface area contributed by atoms with E-state index in [1.54, 1.807) is 0 Å². The molecular weight excluding hydrogens is 260 g/mol. The highest BCUT2D eigenvalue weighted by Crippen LogP contribution is 2.20. The molecule has 102 valence electrons. The Bertz CT molecular complexity index is 617. The third-order valence-electron chi connectivity index (χ3n) is 3.72. The molecule has 1 aliphatic heterocycles. The minimum atomic E-state index is -2.84. The van der Waals surface area contributed by atoms with Crippen molar-refractivity contribution >= 4 is 9.84 Å². The van der Waals surface area contributed by atoms with Gasteiger partial charge in [-0.2, -0.15) is 5.26 Å². The largest absolute Gasteiger partial charge is 0.298 e. The second kappa shape index (κ2) is 5.32. The van der Waals surface area contributed by atoms with Crippen molar-refractivity contribution in [3.05, 3.63) is 34.9 Å². The number of nitriles is 1. The normalized spacial score (nSPS) is 21.5. The van der Waals surface area contributed by atoms with Crippen LogP contribution in [0.1, 0.15) is 23.1 Å². The van der Waals surface area contributed by atoms with E-state index in [0.29, 0.717) is 17.7 Å². The highest BCUT2D eigenvalue weighted by Gasteiger charge is 2.30. The van der Waals surface area contributed by atoms with Crippen LogP contribution in [0.4, 0.5) is 0 Å². The number of hydrogen-bond acceptors (Lipinski definition) is 4. The van der Waals surface area contributed by atoms with Gasteiger partial charge in [-0.1, -0.05) is 6.07 Å². The molecule has 2 rings (SSSR count). The number of nitrogens with zero attached hydrogens (tertiary/aromatic N) is 2. The van der Waals surface area contributed by atoms with Gasteiger partial charge in [0.15, 0.2) is 9.84 Å². The minimum absolute atomic E-state index is 0.111. The Morgan fingerprint density at radius 3 is 2.74 bits per heavy atom. The van der Waals surface area contributed by atoms with E-state index in [0.717, 1.165) is 17.7 Å². The van der Waals surface area contributed by atoms with Crippen LogP contribution in [0, 0.1) is 18.3 Å². The molecule has 1 atom stereocenters. The molecule has 0 aromatic heterocycles. The number of hydrogen-bond donors (Lipinski definition) is 0. The van der Waals surface area contributed by atoms with E-state index in [2.05, 4.69) is 11.0 Å². The zero-order valence-corrected chi connectivity index (χ0v) is 12.1. The molecule has 4 nitrogen and oxygen atoms in total. The molecule has 5 heteroatoms. The second-order valence-electron chi connectivity index (χ2n) is 5.23. The molecule has 1 aromatic rings. The number of benzene rings is 1. The molecule has 1 aliphatic rings. The molecule has 1 unspecified atom stereocenters. The monoisotopic (exact) mass is 278 g/mol. The molecular formula is C14H18N2O2S. The molecule has 1 heterocycles. The van der Waals surface area contributed by atoms with Crippen LogP contribution < -0.4 is 0 Å². The lowest BCUT2D eigenvalue weighted by Crippen LogP contribution is -2.32. The predicted octanol–water partition coefficient (Wildman–Crippen LogP) is 1.49. The summed E-state index contributed by atoms with van der Waals surface area (Å²) < 4.78 is 23.0. The molecule has 0 amide bonds. The van der Waals surface area contributed by atoms with Gasteiger partial charge < -0.3 is 0 Å². The average Bonchev–Trinajstić information content (AvgIpc) is 2.72. The van der Waals surface area contributed by atoms with Gasteiger partial charge in [-0.25, -0.2) is 8.42 Å². The molecule has 1 fully saturated rings. The minimum Gasteiger partial charge on any atom is -0.298 e. The van der Waals surface area contributed by atoms with E-state index < -0.39 is 9.84 Å².